The summed E-state index contributed by atoms with van der Waals surface area (Å²) in [7, 11) is 6.99. The molecule has 1 saturated carbocycles. The lowest BCUT2D eigenvalue weighted by Crippen LogP contribution is -2.50. The van der Waals surface area contributed by atoms with E-state index >= 15 is 0 Å². The van der Waals surface area contributed by atoms with E-state index in [1.54, 1.807) is 18.2 Å². The molecule has 0 saturated heterocycles. The van der Waals surface area contributed by atoms with E-state index in [-0.39, 0.29) is 66.2 Å². The van der Waals surface area contributed by atoms with Gasteiger partial charge < -0.3 is 35.6 Å². The zero-order chi connectivity index (χ0) is 28.9. The van der Waals surface area contributed by atoms with Gasteiger partial charge in [0.2, 0.25) is 11.8 Å². The lowest BCUT2D eigenvalue weighted by Gasteiger charge is -2.21. The number of carbonyl (C=O) groups excluding carboxylic acids is 3. The maximum absolute atomic E-state index is 13.1. The summed E-state index contributed by atoms with van der Waals surface area (Å²) < 4.78 is 11.0. The second kappa shape index (κ2) is 12.2. The molecule has 5 N–H and O–H groups in total. The van der Waals surface area contributed by atoms with E-state index in [0.717, 1.165) is 12.8 Å². The Hall–Kier alpha value is -4.40. The van der Waals surface area contributed by atoms with Gasteiger partial charge in [-0.25, -0.2) is 0 Å². The minimum absolute atomic E-state index is 0.0146. The summed E-state index contributed by atoms with van der Waals surface area (Å²) in [4.78, 5) is 41.6. The zero-order valence-corrected chi connectivity index (χ0v) is 22.7. The third-order valence-corrected chi connectivity index (χ3v) is 5.64. The Balaban J connectivity index is 1.65. The van der Waals surface area contributed by atoms with Crippen molar-refractivity contribution in [2.75, 3.05) is 30.9 Å². The van der Waals surface area contributed by atoms with Gasteiger partial charge in [0.15, 0.2) is 23.1 Å². The van der Waals surface area contributed by atoms with Crippen LogP contribution in [0.5, 0.6) is 5.75 Å². The van der Waals surface area contributed by atoms with Crippen molar-refractivity contribution in [2.24, 2.45) is 5.92 Å². The van der Waals surface area contributed by atoms with Crippen LogP contribution < -0.4 is 26.0 Å². The number of benzene rings is 1. The van der Waals surface area contributed by atoms with E-state index in [2.05, 4.69) is 41.6 Å². The number of hydrogen-bond donors (Lipinski definition) is 5. The fourth-order valence-corrected chi connectivity index (χ4v) is 3.69. The molecule has 1 fully saturated rings. The van der Waals surface area contributed by atoms with Crippen LogP contribution in [0.4, 0.5) is 17.2 Å². The molecule has 17 heteroatoms. The van der Waals surface area contributed by atoms with Gasteiger partial charge in [0.25, 0.3) is 11.8 Å². The number of methoxy groups -OCH3 is 1. The van der Waals surface area contributed by atoms with Crippen molar-refractivity contribution in [3.63, 3.8) is 0 Å². The molecule has 14 nitrogen and oxygen atoms in total. The summed E-state index contributed by atoms with van der Waals surface area (Å²) in [6, 6.07) is 6.67. The third kappa shape index (κ3) is 7.37. The molecule has 3 amide bonds. The lowest BCUT2D eigenvalue weighted by atomic mass is 9.49. The Kier molecular flexibility index (Phi) is 8.72. The van der Waals surface area contributed by atoms with Crippen LogP contribution in [-0.2, 0) is 16.0 Å². The molecular weight excluding hydrogens is 517 g/mol. The number of nitrogens with one attached hydrogen (secondary N) is 4. The van der Waals surface area contributed by atoms with E-state index in [1.807, 2.05) is 23.5 Å². The third-order valence-electron chi connectivity index (χ3n) is 5.64. The highest BCUT2D eigenvalue weighted by atomic mass is 16.5. The number of aliphatic hydroxyl groups is 1. The number of para-hydroxylation sites is 1. The summed E-state index contributed by atoms with van der Waals surface area (Å²) in [6.45, 7) is -0.0577. The Bertz CT molecular complexity index is 1410. The smallest absolute Gasteiger partial charge is 0.272 e. The van der Waals surface area contributed by atoms with Gasteiger partial charge in [0.1, 0.15) is 23.5 Å². The Morgan fingerprint density at radius 2 is 1.95 bits per heavy atom. The highest BCUT2D eigenvalue weighted by Crippen LogP contribution is 2.38. The number of rotatable bonds is 12. The fourth-order valence-electron chi connectivity index (χ4n) is 3.69. The molecule has 0 spiro atoms. The van der Waals surface area contributed by atoms with Crippen LogP contribution in [-0.4, -0.2) is 92.2 Å². The number of aromatic nitrogens is 4. The van der Waals surface area contributed by atoms with Crippen LogP contribution >= 0.6 is 0 Å². The molecule has 0 bridgehead atoms. The molecule has 40 heavy (non-hydrogen) atoms. The first-order chi connectivity index (χ1) is 19.1. The number of anilines is 3. The molecule has 1 aliphatic rings. The molecule has 1 aromatic carbocycles. The largest absolute Gasteiger partial charge is 0.494 e. The number of ether oxygens (including phenoxy) is 1. The van der Waals surface area contributed by atoms with Crippen molar-refractivity contribution in [2.45, 2.75) is 24.5 Å². The van der Waals surface area contributed by atoms with Crippen molar-refractivity contribution >= 4 is 58.5 Å². The van der Waals surface area contributed by atoms with Crippen LogP contribution in [0.1, 0.15) is 29.2 Å². The van der Waals surface area contributed by atoms with Crippen LogP contribution in [0.2, 0.25) is 0 Å². The van der Waals surface area contributed by atoms with Crippen LogP contribution in [0.3, 0.4) is 0 Å². The monoisotopic (exact) mass is 546 g/mol. The van der Waals surface area contributed by atoms with E-state index in [1.165, 1.54) is 13.2 Å². The van der Waals surface area contributed by atoms with Gasteiger partial charge in [-0.05, 0) is 30.2 Å². The number of hydrogen-bond acceptors (Lipinski definition) is 11. The van der Waals surface area contributed by atoms with Gasteiger partial charge in [-0.1, -0.05) is 11.2 Å². The van der Waals surface area contributed by atoms with E-state index in [4.69, 9.17) is 14.4 Å². The van der Waals surface area contributed by atoms with Crippen molar-refractivity contribution in [3.8, 4) is 17.2 Å². The molecule has 0 unspecified atom stereocenters. The van der Waals surface area contributed by atoms with Crippen molar-refractivity contribution in [1.29, 1.82) is 0 Å². The van der Waals surface area contributed by atoms with Gasteiger partial charge in [0.05, 0.1) is 37.1 Å². The molecule has 3 aromatic rings. The highest BCUT2D eigenvalue weighted by Gasteiger charge is 2.30. The topological polar surface area (TPSA) is 193 Å². The summed E-state index contributed by atoms with van der Waals surface area (Å²) in [5, 5.41) is 31.7. The van der Waals surface area contributed by atoms with Gasteiger partial charge in [-0.2, -0.15) is 4.98 Å². The number of carbonyl (C=O) groups is 3. The second-order valence-corrected chi connectivity index (χ2v) is 10.2. The Morgan fingerprint density at radius 3 is 2.62 bits per heavy atom. The minimum Gasteiger partial charge on any atom is -0.494 e. The van der Waals surface area contributed by atoms with Gasteiger partial charge >= 0.3 is 0 Å². The van der Waals surface area contributed by atoms with Crippen LogP contribution in [0.25, 0.3) is 11.5 Å². The van der Waals surface area contributed by atoms with Crippen LogP contribution in [0.15, 0.2) is 28.8 Å². The normalized spacial score (nSPS) is 12.8. The molecule has 0 radical (unpaired) electrons. The lowest BCUT2D eigenvalue weighted by molar-refractivity contribution is -0.120. The summed E-state index contributed by atoms with van der Waals surface area (Å²) in [5.74, 6) is -0.225. The minimum atomic E-state index is -0.531. The predicted molar refractivity (Wildman–Crippen MR) is 153 cm³/mol. The zero-order valence-electron chi connectivity index (χ0n) is 22.7. The molecule has 2 heterocycles. The first-order valence-corrected chi connectivity index (χ1v) is 12.7. The van der Waals surface area contributed by atoms with Crippen molar-refractivity contribution in [3.05, 3.63) is 35.8 Å². The molecule has 4 rings (SSSR count). The number of nitrogens with zero attached hydrogens (tertiary/aromatic N) is 4. The van der Waals surface area contributed by atoms with Crippen molar-refractivity contribution < 1.29 is 28.8 Å². The molecule has 0 aliphatic heterocycles. The van der Waals surface area contributed by atoms with E-state index in [9.17, 15) is 14.4 Å². The van der Waals surface area contributed by atoms with Gasteiger partial charge in [-0.15, -0.1) is 10.2 Å². The Labute approximate surface area is 232 Å². The summed E-state index contributed by atoms with van der Waals surface area (Å²) in [5.41, 5.74) is 1.18. The number of amides is 3. The molecular formula is C23H29B3N8O6. The molecule has 206 valence electrons. The maximum Gasteiger partial charge on any atom is 0.272 e. The van der Waals surface area contributed by atoms with Crippen molar-refractivity contribution in [1.82, 2.24) is 31.0 Å². The molecule has 2 aromatic heterocycles. The van der Waals surface area contributed by atoms with Gasteiger partial charge in [-0.3, -0.25) is 14.4 Å². The SMILES string of the molecule is BC(B)(B)NC(=O)c1nnc(NC(=O)C2CC2)cc1Nc1cccc(-c2nc(CC(=O)NCCO)no2)c1OC. The highest BCUT2D eigenvalue weighted by molar-refractivity contribution is 6.60. The molecule has 1 aliphatic carbocycles. The van der Waals surface area contributed by atoms with Crippen LogP contribution in [0, 0.1) is 5.92 Å². The van der Waals surface area contributed by atoms with E-state index < -0.39 is 11.1 Å². The Morgan fingerprint density at radius 1 is 1.18 bits per heavy atom. The second-order valence-electron chi connectivity index (χ2n) is 10.2. The predicted octanol–water partition coefficient (Wildman–Crippen LogP) is -2.48. The fraction of sp³-hybridized carbons (Fsp3) is 0.348. The summed E-state index contributed by atoms with van der Waals surface area (Å²) >= 11 is 0. The first kappa shape index (κ1) is 28.6. The average Bonchev–Trinajstić information content (AvgIpc) is 3.65. The standard InChI is InChI=1S/C23H29B3N8O6/c1-39-19-12(22-30-16(34-40-22)10-17(36)27-7-8-35)3-2-4-13(19)28-14-9-15(29-20(37)11-5-6-11)32-33-18(14)21(38)31-23(24,25)26/h2-4,9,11,35H,5-8,10,24-26H2,1H3,(H,27,36)(H,31,38)(H2,28,29,32,37). The summed E-state index contributed by atoms with van der Waals surface area (Å²) in [6.07, 6.45) is 1.52. The maximum atomic E-state index is 13.1. The van der Waals surface area contributed by atoms with E-state index in [0.29, 0.717) is 17.0 Å². The number of aliphatic hydroxyl groups excluding tert-OH is 1. The quantitative estimate of drug-likeness (QED) is 0.151. The average molecular weight is 546 g/mol. The first-order valence-electron chi connectivity index (χ1n) is 12.7. The molecule has 0 atom stereocenters. The van der Waals surface area contributed by atoms with Gasteiger partial charge in [0, 0.05) is 18.5 Å².